The van der Waals surface area contributed by atoms with Gasteiger partial charge in [-0.2, -0.15) is 0 Å². The molecule has 33 heavy (non-hydrogen) atoms. The topological polar surface area (TPSA) is 67.0 Å². The van der Waals surface area contributed by atoms with E-state index in [9.17, 15) is 4.79 Å². The van der Waals surface area contributed by atoms with Crippen molar-refractivity contribution in [2.75, 3.05) is 6.61 Å². The van der Waals surface area contributed by atoms with Gasteiger partial charge in [0.15, 0.2) is 0 Å². The molecule has 2 aromatic heterocycles. The van der Waals surface area contributed by atoms with Gasteiger partial charge in [0.1, 0.15) is 11.4 Å². The Hall–Kier alpha value is -3.83. The molecule has 1 amide bonds. The molecule has 2 heterocycles. The molecule has 5 nitrogen and oxygen atoms in total. The summed E-state index contributed by atoms with van der Waals surface area (Å²) in [6.07, 6.45) is 0. The van der Waals surface area contributed by atoms with Crippen molar-refractivity contribution >= 4 is 39.3 Å². The monoisotopic (exact) mass is 455 g/mol. The first-order valence-electron chi connectivity index (χ1n) is 10.8. The van der Waals surface area contributed by atoms with Crippen molar-refractivity contribution in [3.05, 3.63) is 95.1 Å². The van der Waals surface area contributed by atoms with E-state index in [1.807, 2.05) is 85.8 Å². The van der Waals surface area contributed by atoms with Crippen LogP contribution in [0.1, 0.15) is 23.0 Å². The van der Waals surface area contributed by atoms with E-state index in [-0.39, 0.29) is 5.91 Å². The van der Waals surface area contributed by atoms with Crippen molar-refractivity contribution in [1.29, 1.82) is 0 Å². The van der Waals surface area contributed by atoms with E-state index in [1.165, 1.54) is 0 Å². The van der Waals surface area contributed by atoms with E-state index in [1.54, 1.807) is 0 Å². The summed E-state index contributed by atoms with van der Waals surface area (Å²) in [5.41, 5.74) is 4.64. The number of carbonyl (C=O) groups is 1. The summed E-state index contributed by atoms with van der Waals surface area (Å²) < 4.78 is 5.86. The lowest BCUT2D eigenvalue weighted by Crippen LogP contribution is -2.24. The van der Waals surface area contributed by atoms with Crippen molar-refractivity contribution in [3.63, 3.8) is 0 Å². The van der Waals surface area contributed by atoms with Crippen LogP contribution in [0.15, 0.2) is 78.9 Å². The number of hydrogen-bond donors (Lipinski definition) is 2. The molecule has 0 aliphatic rings. The van der Waals surface area contributed by atoms with E-state index in [0.29, 0.717) is 29.6 Å². The fraction of sp³-hybridized carbons (Fsp3) is 0.111. The highest BCUT2D eigenvalue weighted by molar-refractivity contribution is 6.30. The number of nitrogens with one attached hydrogen (secondary N) is 2. The maximum atomic E-state index is 13.2. The van der Waals surface area contributed by atoms with E-state index in [2.05, 4.69) is 10.3 Å². The zero-order valence-corrected chi connectivity index (χ0v) is 18.8. The molecule has 0 radical (unpaired) electrons. The second kappa shape index (κ2) is 8.96. The molecule has 0 atom stereocenters. The predicted molar refractivity (Wildman–Crippen MR) is 133 cm³/mol. The average Bonchev–Trinajstić information content (AvgIpc) is 3.21. The lowest BCUT2D eigenvalue weighted by Gasteiger charge is -2.12. The zero-order chi connectivity index (χ0) is 22.8. The van der Waals surface area contributed by atoms with Crippen molar-refractivity contribution < 1.29 is 9.53 Å². The van der Waals surface area contributed by atoms with Crippen LogP contribution in [-0.2, 0) is 6.54 Å². The number of pyridine rings is 1. The van der Waals surface area contributed by atoms with Crippen molar-refractivity contribution in [3.8, 4) is 17.0 Å². The second-order valence-electron chi connectivity index (χ2n) is 7.69. The number of fused-ring (bicyclic) bond motifs is 3. The smallest absolute Gasteiger partial charge is 0.270 e. The molecule has 2 N–H and O–H groups in total. The summed E-state index contributed by atoms with van der Waals surface area (Å²) in [6.45, 7) is 2.84. The minimum Gasteiger partial charge on any atom is -0.493 e. The number of hydrogen-bond acceptors (Lipinski definition) is 3. The highest BCUT2D eigenvalue weighted by Crippen LogP contribution is 2.36. The van der Waals surface area contributed by atoms with Crippen LogP contribution in [0.2, 0.25) is 5.02 Å². The van der Waals surface area contributed by atoms with Crippen LogP contribution in [0.3, 0.4) is 0 Å². The highest BCUT2D eigenvalue weighted by atomic mass is 35.5. The molecular weight excluding hydrogens is 434 g/mol. The first-order chi connectivity index (χ1) is 16.1. The standard InChI is InChI=1S/C27H22ClN3O2/c1-2-33-24-13-6-4-11-20(24)25-26-21(19-10-3-5-12-22(19)30-26)15-23(31-25)27(32)29-16-17-8-7-9-18(28)14-17/h3-15,30H,2,16H2,1H3,(H,29,32). The number of ether oxygens (including phenoxy) is 1. The molecular formula is C27H22ClN3O2. The van der Waals surface area contributed by atoms with Crippen LogP contribution in [0.5, 0.6) is 5.75 Å². The molecule has 0 saturated carbocycles. The number of para-hydroxylation sites is 2. The van der Waals surface area contributed by atoms with Gasteiger partial charge in [-0.25, -0.2) is 4.98 Å². The van der Waals surface area contributed by atoms with E-state index >= 15 is 0 Å². The minimum absolute atomic E-state index is 0.253. The van der Waals surface area contributed by atoms with Crippen LogP contribution in [0, 0.1) is 0 Å². The summed E-state index contributed by atoms with van der Waals surface area (Å²) in [6, 6.07) is 25.1. The molecule has 6 heteroatoms. The third kappa shape index (κ3) is 4.15. The summed E-state index contributed by atoms with van der Waals surface area (Å²) >= 11 is 6.07. The average molecular weight is 456 g/mol. The number of nitrogens with zero attached hydrogens (tertiary/aromatic N) is 1. The molecule has 0 bridgehead atoms. The molecule has 5 aromatic rings. The normalized spacial score (nSPS) is 11.1. The van der Waals surface area contributed by atoms with Crippen LogP contribution >= 0.6 is 11.6 Å². The van der Waals surface area contributed by atoms with Crippen LogP contribution in [0.25, 0.3) is 33.1 Å². The molecule has 0 unspecified atom stereocenters. The summed E-state index contributed by atoms with van der Waals surface area (Å²) in [4.78, 5) is 21.4. The zero-order valence-electron chi connectivity index (χ0n) is 18.1. The molecule has 3 aromatic carbocycles. The number of H-pyrrole nitrogens is 1. The summed E-state index contributed by atoms with van der Waals surface area (Å²) in [7, 11) is 0. The molecule has 5 rings (SSSR count). The molecule has 164 valence electrons. The summed E-state index contributed by atoms with van der Waals surface area (Å²) in [5.74, 6) is 0.473. The van der Waals surface area contributed by atoms with Gasteiger partial charge in [-0.05, 0) is 48.9 Å². The van der Waals surface area contributed by atoms with E-state index in [4.69, 9.17) is 21.3 Å². The highest BCUT2D eigenvalue weighted by Gasteiger charge is 2.19. The van der Waals surface area contributed by atoms with Gasteiger partial charge in [0.05, 0.1) is 17.8 Å². The largest absolute Gasteiger partial charge is 0.493 e. The van der Waals surface area contributed by atoms with Crippen molar-refractivity contribution in [2.45, 2.75) is 13.5 Å². The lowest BCUT2D eigenvalue weighted by atomic mass is 10.1. The number of rotatable bonds is 6. The molecule has 0 saturated heterocycles. The maximum absolute atomic E-state index is 13.2. The van der Waals surface area contributed by atoms with Crippen LogP contribution in [-0.4, -0.2) is 22.5 Å². The second-order valence-corrected chi connectivity index (χ2v) is 8.13. The number of aromatic nitrogens is 2. The predicted octanol–water partition coefficient (Wildman–Crippen LogP) is 6.37. The van der Waals surface area contributed by atoms with Gasteiger partial charge in [0.2, 0.25) is 0 Å². The number of carbonyl (C=O) groups excluding carboxylic acids is 1. The van der Waals surface area contributed by atoms with Gasteiger partial charge >= 0.3 is 0 Å². The van der Waals surface area contributed by atoms with Crippen molar-refractivity contribution in [1.82, 2.24) is 15.3 Å². The SMILES string of the molecule is CCOc1ccccc1-c1nc(C(=O)NCc2cccc(Cl)c2)cc2c1[nH]c1ccccc12. The van der Waals surface area contributed by atoms with Crippen molar-refractivity contribution in [2.24, 2.45) is 0 Å². The Morgan fingerprint density at radius 1 is 1.00 bits per heavy atom. The Labute approximate surface area is 196 Å². The first kappa shape index (κ1) is 21.0. The summed E-state index contributed by atoms with van der Waals surface area (Å²) in [5, 5.41) is 5.57. The Morgan fingerprint density at radius 2 is 1.82 bits per heavy atom. The molecule has 0 fully saturated rings. The Kier molecular flexibility index (Phi) is 5.71. The fourth-order valence-electron chi connectivity index (χ4n) is 4.02. The third-order valence-electron chi connectivity index (χ3n) is 5.51. The maximum Gasteiger partial charge on any atom is 0.270 e. The number of amides is 1. The minimum atomic E-state index is -0.253. The Morgan fingerprint density at radius 3 is 2.67 bits per heavy atom. The van der Waals surface area contributed by atoms with E-state index in [0.717, 1.165) is 38.7 Å². The third-order valence-corrected chi connectivity index (χ3v) is 5.75. The van der Waals surface area contributed by atoms with E-state index < -0.39 is 0 Å². The Balaban J connectivity index is 1.62. The first-order valence-corrected chi connectivity index (χ1v) is 11.2. The van der Waals surface area contributed by atoms with Crippen LogP contribution in [0.4, 0.5) is 0 Å². The van der Waals surface area contributed by atoms with Gasteiger partial charge in [-0.1, -0.05) is 54.1 Å². The molecule has 0 aliphatic carbocycles. The number of benzene rings is 3. The van der Waals surface area contributed by atoms with Gasteiger partial charge in [0.25, 0.3) is 5.91 Å². The van der Waals surface area contributed by atoms with Gasteiger partial charge in [-0.3, -0.25) is 4.79 Å². The van der Waals surface area contributed by atoms with Gasteiger partial charge in [-0.15, -0.1) is 0 Å². The number of aromatic amines is 1. The number of halogens is 1. The van der Waals surface area contributed by atoms with Gasteiger partial charge < -0.3 is 15.0 Å². The quantitative estimate of drug-likeness (QED) is 0.313. The van der Waals surface area contributed by atoms with Crippen LogP contribution < -0.4 is 10.1 Å². The Bertz CT molecular complexity index is 1480. The lowest BCUT2D eigenvalue weighted by molar-refractivity contribution is 0.0946. The fourth-order valence-corrected chi connectivity index (χ4v) is 4.23. The van der Waals surface area contributed by atoms with Gasteiger partial charge in [0, 0.05) is 33.4 Å². The molecule has 0 spiro atoms. The molecule has 0 aliphatic heterocycles.